The Morgan fingerprint density at radius 2 is 1.64 bits per heavy atom. The van der Waals surface area contributed by atoms with Gasteiger partial charge in [0.2, 0.25) is 0 Å². The molecule has 0 aliphatic carbocycles. The van der Waals surface area contributed by atoms with Gasteiger partial charge in [-0.2, -0.15) is 0 Å². The van der Waals surface area contributed by atoms with E-state index in [1.165, 1.54) is 0 Å². The van der Waals surface area contributed by atoms with E-state index in [4.69, 9.17) is 9.40 Å². The summed E-state index contributed by atoms with van der Waals surface area (Å²) >= 11 is 3.60. The third-order valence-corrected chi connectivity index (χ3v) is 5.84. The van der Waals surface area contributed by atoms with E-state index in [1.54, 1.807) is 0 Å². The molecule has 0 amide bonds. The van der Waals surface area contributed by atoms with E-state index in [1.807, 2.05) is 24.4 Å². The van der Waals surface area contributed by atoms with Gasteiger partial charge in [0.1, 0.15) is 11.2 Å². The summed E-state index contributed by atoms with van der Waals surface area (Å²) in [7, 11) is 0. The van der Waals surface area contributed by atoms with Crippen LogP contribution in [0.2, 0.25) is 0 Å². The number of hydrogen-bond acceptors (Lipinski definition) is 2. The van der Waals surface area contributed by atoms with Crippen molar-refractivity contribution < 1.29 is 4.42 Å². The highest BCUT2D eigenvalue weighted by molar-refractivity contribution is 9.10. The van der Waals surface area contributed by atoms with E-state index in [0.717, 1.165) is 59.2 Å². The Bertz CT molecular complexity index is 1530. The molecule has 6 rings (SSSR count). The van der Waals surface area contributed by atoms with Gasteiger partial charge in [-0.05, 0) is 41.5 Å². The van der Waals surface area contributed by atoms with E-state index in [0.29, 0.717) is 0 Å². The van der Waals surface area contributed by atoms with Gasteiger partial charge >= 0.3 is 0 Å². The first-order valence-corrected chi connectivity index (χ1v) is 9.96. The first-order valence-electron chi connectivity index (χ1n) is 9.17. The minimum absolute atomic E-state index is 0.912. The molecule has 0 aliphatic heterocycles. The molecule has 132 valence electrons. The number of hydrogen-bond donors (Lipinski definition) is 0. The molecule has 2 nitrogen and oxygen atoms in total. The largest absolute Gasteiger partial charge is 0.455 e. The van der Waals surface area contributed by atoms with Crippen LogP contribution in [-0.4, -0.2) is 4.98 Å². The number of nitrogens with zero attached hydrogens (tertiary/aromatic N) is 1. The number of benzene rings is 4. The number of para-hydroxylation sites is 1. The highest BCUT2D eigenvalue weighted by Crippen LogP contribution is 2.40. The van der Waals surface area contributed by atoms with E-state index in [9.17, 15) is 0 Å². The minimum atomic E-state index is 0.912. The van der Waals surface area contributed by atoms with Crippen molar-refractivity contribution in [3.05, 3.63) is 89.5 Å². The average molecular weight is 424 g/mol. The molecule has 2 heterocycles. The van der Waals surface area contributed by atoms with Gasteiger partial charge in [-0.1, -0.05) is 64.5 Å². The molecule has 4 aromatic carbocycles. The van der Waals surface area contributed by atoms with Crippen LogP contribution in [0.4, 0.5) is 0 Å². The summed E-state index contributed by atoms with van der Waals surface area (Å²) in [6, 6.07) is 27.2. The SMILES string of the molecule is Brc1cccc(-c2cccc3ncc4ccc5c6ccccc6oc5c4c23)c1. The average Bonchev–Trinajstić information content (AvgIpc) is 3.12. The van der Waals surface area contributed by atoms with Gasteiger partial charge in [0, 0.05) is 37.6 Å². The fourth-order valence-electron chi connectivity index (χ4n) is 4.12. The van der Waals surface area contributed by atoms with Crippen LogP contribution in [0.25, 0.3) is 54.7 Å². The predicted octanol–water partition coefficient (Wildman–Crippen LogP) is 7.72. The van der Waals surface area contributed by atoms with Gasteiger partial charge in [0.25, 0.3) is 0 Å². The molecule has 0 aliphatic rings. The molecule has 0 atom stereocenters. The predicted molar refractivity (Wildman–Crippen MR) is 120 cm³/mol. The Morgan fingerprint density at radius 3 is 2.57 bits per heavy atom. The molecule has 6 aromatic rings. The van der Waals surface area contributed by atoms with Crippen LogP contribution in [0.3, 0.4) is 0 Å². The Balaban J connectivity index is 1.86. The summed E-state index contributed by atoms with van der Waals surface area (Å²) in [5.41, 5.74) is 5.12. The summed E-state index contributed by atoms with van der Waals surface area (Å²) in [5.74, 6) is 0. The number of furan rings is 1. The van der Waals surface area contributed by atoms with Crippen LogP contribution >= 0.6 is 15.9 Å². The topological polar surface area (TPSA) is 26.0 Å². The Morgan fingerprint density at radius 1 is 0.750 bits per heavy atom. The van der Waals surface area contributed by atoms with Crippen molar-refractivity contribution in [1.29, 1.82) is 0 Å². The fraction of sp³-hybridized carbons (Fsp3) is 0. The lowest BCUT2D eigenvalue weighted by Gasteiger charge is -2.10. The quantitative estimate of drug-likeness (QED) is 0.253. The van der Waals surface area contributed by atoms with Crippen LogP contribution in [0.1, 0.15) is 0 Å². The molecular weight excluding hydrogens is 410 g/mol. The zero-order valence-electron chi connectivity index (χ0n) is 14.8. The van der Waals surface area contributed by atoms with Gasteiger partial charge in [-0.15, -0.1) is 0 Å². The van der Waals surface area contributed by atoms with E-state index < -0.39 is 0 Å². The maximum Gasteiger partial charge on any atom is 0.144 e. The second-order valence-electron chi connectivity index (χ2n) is 6.97. The van der Waals surface area contributed by atoms with Gasteiger partial charge < -0.3 is 4.42 Å². The molecule has 2 aromatic heterocycles. The van der Waals surface area contributed by atoms with Crippen LogP contribution in [-0.2, 0) is 0 Å². The molecule has 0 bridgehead atoms. The fourth-order valence-corrected chi connectivity index (χ4v) is 4.51. The summed E-state index contributed by atoms with van der Waals surface area (Å²) in [5, 5.41) is 5.61. The summed E-state index contributed by atoms with van der Waals surface area (Å²) in [4.78, 5) is 4.73. The lowest BCUT2D eigenvalue weighted by Crippen LogP contribution is -1.87. The Kier molecular flexibility index (Phi) is 3.35. The minimum Gasteiger partial charge on any atom is -0.455 e. The van der Waals surface area contributed by atoms with Crippen LogP contribution in [0.15, 0.2) is 93.9 Å². The molecule has 0 spiro atoms. The Labute approximate surface area is 169 Å². The Hall–Kier alpha value is -3.17. The number of rotatable bonds is 1. The second kappa shape index (κ2) is 5.91. The molecule has 0 saturated heterocycles. The van der Waals surface area contributed by atoms with Crippen molar-refractivity contribution in [2.45, 2.75) is 0 Å². The second-order valence-corrected chi connectivity index (χ2v) is 7.89. The highest BCUT2D eigenvalue weighted by atomic mass is 79.9. The third kappa shape index (κ3) is 2.23. The normalized spacial score (nSPS) is 11.8. The summed E-state index contributed by atoms with van der Waals surface area (Å²) in [6.07, 6.45) is 1.94. The number of aromatic nitrogens is 1. The van der Waals surface area contributed by atoms with Crippen molar-refractivity contribution in [3.63, 3.8) is 0 Å². The van der Waals surface area contributed by atoms with Gasteiger partial charge in [-0.25, -0.2) is 0 Å². The summed E-state index contributed by atoms with van der Waals surface area (Å²) in [6.45, 7) is 0. The molecule has 0 N–H and O–H groups in total. The first kappa shape index (κ1) is 15.8. The molecule has 0 radical (unpaired) electrons. The molecule has 3 heteroatoms. The standard InChI is InChI=1S/C25H14BrNO/c26-17-6-3-5-15(13-17)18-8-4-9-21-24(18)23-16(14-27-21)11-12-20-19-7-1-2-10-22(19)28-25(20)23/h1-14H. The van der Waals surface area contributed by atoms with Gasteiger partial charge in [-0.3, -0.25) is 4.98 Å². The van der Waals surface area contributed by atoms with Crippen LogP contribution in [0.5, 0.6) is 0 Å². The maximum absolute atomic E-state index is 6.35. The van der Waals surface area contributed by atoms with Crippen molar-refractivity contribution >= 4 is 59.5 Å². The van der Waals surface area contributed by atoms with Gasteiger partial charge in [0.15, 0.2) is 0 Å². The molecule has 0 fully saturated rings. The zero-order chi connectivity index (χ0) is 18.7. The van der Waals surface area contributed by atoms with Crippen LogP contribution < -0.4 is 0 Å². The van der Waals surface area contributed by atoms with E-state index >= 15 is 0 Å². The first-order chi connectivity index (χ1) is 13.8. The lowest BCUT2D eigenvalue weighted by atomic mass is 9.95. The van der Waals surface area contributed by atoms with Crippen molar-refractivity contribution in [1.82, 2.24) is 4.98 Å². The maximum atomic E-state index is 6.35. The smallest absolute Gasteiger partial charge is 0.144 e. The number of pyridine rings is 1. The molecule has 28 heavy (non-hydrogen) atoms. The monoisotopic (exact) mass is 423 g/mol. The summed E-state index contributed by atoms with van der Waals surface area (Å²) < 4.78 is 7.41. The van der Waals surface area contributed by atoms with Crippen molar-refractivity contribution in [3.8, 4) is 11.1 Å². The van der Waals surface area contributed by atoms with Crippen molar-refractivity contribution in [2.75, 3.05) is 0 Å². The number of fused-ring (bicyclic) bond motifs is 7. The highest BCUT2D eigenvalue weighted by Gasteiger charge is 2.15. The molecular formula is C25H14BrNO. The number of halogens is 1. The van der Waals surface area contributed by atoms with Crippen molar-refractivity contribution in [2.24, 2.45) is 0 Å². The molecule has 0 unspecified atom stereocenters. The van der Waals surface area contributed by atoms with E-state index in [2.05, 4.69) is 76.6 Å². The van der Waals surface area contributed by atoms with Gasteiger partial charge in [0.05, 0.1) is 5.52 Å². The molecule has 0 saturated carbocycles. The lowest BCUT2D eigenvalue weighted by molar-refractivity contribution is 0.673. The van der Waals surface area contributed by atoms with Crippen LogP contribution in [0, 0.1) is 0 Å². The van der Waals surface area contributed by atoms with E-state index in [-0.39, 0.29) is 0 Å². The zero-order valence-corrected chi connectivity index (χ0v) is 16.4. The third-order valence-electron chi connectivity index (χ3n) is 5.35.